The van der Waals surface area contributed by atoms with Gasteiger partial charge in [0.25, 0.3) is 0 Å². The molecule has 0 amide bonds. The highest BCUT2D eigenvalue weighted by molar-refractivity contribution is 5.88. The maximum Gasteiger partial charge on any atom is 0.335 e. The van der Waals surface area contributed by atoms with Crippen LogP contribution in [0.3, 0.4) is 0 Å². The molecule has 0 spiro atoms. The lowest BCUT2D eigenvalue weighted by molar-refractivity contribution is 0.0697. The summed E-state index contributed by atoms with van der Waals surface area (Å²) in [5.74, 6) is 0.577. The van der Waals surface area contributed by atoms with Gasteiger partial charge in [-0.1, -0.05) is 24.6 Å². The van der Waals surface area contributed by atoms with Crippen LogP contribution in [-0.4, -0.2) is 27.5 Å². The normalized spacial score (nSPS) is 24.3. The number of aromatic carboxylic acids is 1. The number of fused-ring (bicyclic) bond motifs is 2. The van der Waals surface area contributed by atoms with Gasteiger partial charge < -0.3 is 10.1 Å². The monoisotopic (exact) mass is 388 g/mol. The highest BCUT2D eigenvalue weighted by Crippen LogP contribution is 2.50. The molecule has 2 aromatic carbocycles. The molecule has 3 aromatic rings. The minimum atomic E-state index is -0.858. The van der Waals surface area contributed by atoms with Crippen molar-refractivity contribution in [2.24, 2.45) is 11.8 Å². The largest absolute Gasteiger partial charge is 0.478 e. The van der Waals surface area contributed by atoms with Crippen molar-refractivity contribution in [3.8, 4) is 0 Å². The number of H-pyrrole nitrogens is 1. The molecule has 2 aliphatic rings. The van der Waals surface area contributed by atoms with Crippen molar-refractivity contribution in [3.63, 3.8) is 0 Å². The summed E-state index contributed by atoms with van der Waals surface area (Å²) in [5.41, 5.74) is 6.94. The number of aromatic amines is 1. The van der Waals surface area contributed by atoms with E-state index in [2.05, 4.69) is 35.9 Å². The molecule has 2 N–H and O–H groups in total. The summed E-state index contributed by atoms with van der Waals surface area (Å²) >= 11 is 0. The molecular formula is C25H28N2O2. The maximum atomic E-state index is 11.3. The lowest BCUT2D eigenvalue weighted by atomic mass is 9.89. The number of nitrogens with zero attached hydrogens (tertiary/aromatic N) is 1. The van der Waals surface area contributed by atoms with Crippen LogP contribution in [0.4, 0.5) is 0 Å². The summed E-state index contributed by atoms with van der Waals surface area (Å²) in [6.45, 7) is 6.47. The number of carbonyl (C=O) groups is 1. The summed E-state index contributed by atoms with van der Waals surface area (Å²) in [6.07, 6.45) is 5.95. The van der Waals surface area contributed by atoms with Gasteiger partial charge in [-0.15, -0.1) is 0 Å². The maximum absolute atomic E-state index is 11.3. The Hall–Kier alpha value is -2.59. The molecule has 1 aliphatic carbocycles. The fraction of sp³-hybridized carbons (Fsp3) is 0.400. The Morgan fingerprint density at radius 3 is 2.69 bits per heavy atom. The minimum absolute atomic E-state index is 0.365. The summed E-state index contributed by atoms with van der Waals surface area (Å²) in [6, 6.07) is 12.5. The average molecular weight is 389 g/mol. The Morgan fingerprint density at radius 1 is 1.14 bits per heavy atom. The van der Waals surface area contributed by atoms with Crippen molar-refractivity contribution < 1.29 is 9.90 Å². The van der Waals surface area contributed by atoms with Crippen molar-refractivity contribution in [1.82, 2.24) is 9.88 Å². The standard InChI is InChI=1S/C25H28N2O2/c1-15-12-16(2)23-21(10-11-26-23)22(15)14-27-13-19-4-3-5-20(19)24(27)17-6-8-18(9-7-17)25(28)29/h6-12,19-20,24,26H,3-5,13-14H2,1-2H3,(H,28,29)/t19-,20-,24-/m0/s1. The van der Waals surface area contributed by atoms with E-state index < -0.39 is 5.97 Å². The van der Waals surface area contributed by atoms with Crippen LogP contribution in [0.25, 0.3) is 10.9 Å². The Balaban J connectivity index is 1.52. The molecule has 2 heterocycles. The number of carboxylic acid groups (broad SMARTS) is 1. The zero-order valence-electron chi connectivity index (χ0n) is 17.1. The molecule has 150 valence electrons. The van der Waals surface area contributed by atoms with Crippen LogP contribution >= 0.6 is 0 Å². The van der Waals surface area contributed by atoms with E-state index in [1.54, 1.807) is 12.1 Å². The van der Waals surface area contributed by atoms with Crippen LogP contribution in [0.1, 0.15) is 57.9 Å². The average Bonchev–Trinajstić information content (AvgIpc) is 3.41. The molecule has 1 saturated carbocycles. The minimum Gasteiger partial charge on any atom is -0.478 e. The quantitative estimate of drug-likeness (QED) is 0.624. The first-order chi connectivity index (χ1) is 14.0. The predicted octanol–water partition coefficient (Wildman–Crippen LogP) is 5.46. The van der Waals surface area contributed by atoms with Crippen LogP contribution in [-0.2, 0) is 6.54 Å². The van der Waals surface area contributed by atoms with Crippen LogP contribution in [0.15, 0.2) is 42.6 Å². The van der Waals surface area contributed by atoms with E-state index in [4.69, 9.17) is 0 Å². The van der Waals surface area contributed by atoms with Crippen molar-refractivity contribution in [1.29, 1.82) is 0 Å². The third kappa shape index (κ3) is 3.06. The number of aromatic nitrogens is 1. The molecule has 29 heavy (non-hydrogen) atoms. The van der Waals surface area contributed by atoms with E-state index >= 15 is 0 Å². The van der Waals surface area contributed by atoms with E-state index in [-0.39, 0.29) is 0 Å². The number of likely N-dealkylation sites (tertiary alicyclic amines) is 1. The molecule has 0 unspecified atom stereocenters. The molecule has 4 heteroatoms. The Labute approximate surface area is 171 Å². The number of nitrogens with one attached hydrogen (secondary N) is 1. The number of benzene rings is 2. The van der Waals surface area contributed by atoms with Crippen molar-refractivity contribution in [2.45, 2.75) is 45.7 Å². The van der Waals surface area contributed by atoms with Gasteiger partial charge in [-0.05, 0) is 79.0 Å². The topological polar surface area (TPSA) is 56.3 Å². The third-order valence-electron chi connectivity index (χ3n) is 7.22. The smallest absolute Gasteiger partial charge is 0.335 e. The Kier molecular flexibility index (Phi) is 4.47. The molecule has 0 radical (unpaired) electrons. The first-order valence-corrected chi connectivity index (χ1v) is 10.7. The van der Waals surface area contributed by atoms with Crippen LogP contribution < -0.4 is 0 Å². The van der Waals surface area contributed by atoms with E-state index in [0.717, 1.165) is 19.0 Å². The summed E-state index contributed by atoms with van der Waals surface area (Å²) in [4.78, 5) is 17.3. The second kappa shape index (κ2) is 7.03. The van der Waals surface area contributed by atoms with Gasteiger partial charge in [0, 0.05) is 36.2 Å². The molecule has 1 aromatic heterocycles. The Bertz CT molecular complexity index is 1070. The summed E-state index contributed by atoms with van der Waals surface area (Å²) < 4.78 is 0. The number of hydrogen-bond acceptors (Lipinski definition) is 2. The number of aryl methyl sites for hydroxylation is 2. The third-order valence-corrected chi connectivity index (χ3v) is 7.22. The van der Waals surface area contributed by atoms with Gasteiger partial charge in [0.15, 0.2) is 0 Å². The van der Waals surface area contributed by atoms with Crippen molar-refractivity contribution in [2.75, 3.05) is 6.54 Å². The lowest BCUT2D eigenvalue weighted by Gasteiger charge is -2.29. The molecule has 0 bridgehead atoms. The number of carboxylic acids is 1. The van der Waals surface area contributed by atoms with E-state index in [0.29, 0.717) is 17.5 Å². The second-order valence-electron chi connectivity index (χ2n) is 8.91. The van der Waals surface area contributed by atoms with Gasteiger partial charge in [0.05, 0.1) is 5.56 Å². The summed E-state index contributed by atoms with van der Waals surface area (Å²) in [7, 11) is 0. The second-order valence-corrected chi connectivity index (χ2v) is 8.91. The van der Waals surface area contributed by atoms with Gasteiger partial charge in [0.2, 0.25) is 0 Å². The first kappa shape index (κ1) is 18.4. The zero-order valence-corrected chi connectivity index (χ0v) is 17.1. The molecule has 1 saturated heterocycles. The van der Waals surface area contributed by atoms with E-state index in [1.165, 1.54) is 52.4 Å². The van der Waals surface area contributed by atoms with E-state index in [1.807, 2.05) is 18.3 Å². The van der Waals surface area contributed by atoms with Gasteiger partial charge in [0.1, 0.15) is 0 Å². The first-order valence-electron chi connectivity index (χ1n) is 10.7. The van der Waals surface area contributed by atoms with E-state index in [9.17, 15) is 9.90 Å². The van der Waals surface area contributed by atoms with Crippen LogP contribution in [0.5, 0.6) is 0 Å². The van der Waals surface area contributed by atoms with Gasteiger partial charge in [-0.3, -0.25) is 4.90 Å². The molecule has 1 aliphatic heterocycles. The molecule has 3 atom stereocenters. The predicted molar refractivity (Wildman–Crippen MR) is 115 cm³/mol. The van der Waals surface area contributed by atoms with Gasteiger partial charge >= 0.3 is 5.97 Å². The zero-order chi connectivity index (χ0) is 20.1. The highest BCUT2D eigenvalue weighted by Gasteiger charge is 2.44. The number of hydrogen-bond donors (Lipinski definition) is 2. The molecular weight excluding hydrogens is 360 g/mol. The molecule has 4 nitrogen and oxygen atoms in total. The van der Waals surface area contributed by atoms with Crippen LogP contribution in [0.2, 0.25) is 0 Å². The fourth-order valence-electron chi connectivity index (χ4n) is 5.89. The van der Waals surface area contributed by atoms with Crippen molar-refractivity contribution in [3.05, 3.63) is 70.4 Å². The van der Waals surface area contributed by atoms with Crippen LogP contribution in [0, 0.1) is 25.7 Å². The highest BCUT2D eigenvalue weighted by atomic mass is 16.4. The SMILES string of the molecule is Cc1cc(C)c2[nH]ccc2c1CN1C[C@@H]2CCC[C@@H]2[C@@H]1c1ccc(C(=O)O)cc1. The Morgan fingerprint density at radius 2 is 1.93 bits per heavy atom. The lowest BCUT2D eigenvalue weighted by Crippen LogP contribution is -2.26. The molecule has 2 fully saturated rings. The number of rotatable bonds is 4. The van der Waals surface area contributed by atoms with Crippen molar-refractivity contribution >= 4 is 16.9 Å². The molecule has 5 rings (SSSR count). The summed E-state index contributed by atoms with van der Waals surface area (Å²) in [5, 5.41) is 10.6. The fourth-order valence-corrected chi connectivity index (χ4v) is 5.89. The van der Waals surface area contributed by atoms with Gasteiger partial charge in [-0.2, -0.15) is 0 Å². The van der Waals surface area contributed by atoms with Gasteiger partial charge in [-0.25, -0.2) is 4.79 Å².